The molecule has 2 fully saturated rings. The number of likely N-dealkylation sites (tertiary alicyclic amines) is 1. The topological polar surface area (TPSA) is 73.0 Å². The number of aromatic nitrogens is 4. The molecule has 1 saturated carbocycles. The van der Waals surface area contributed by atoms with Crippen LogP contribution in [0.3, 0.4) is 0 Å². The van der Waals surface area contributed by atoms with E-state index >= 15 is 0 Å². The Hall–Kier alpha value is -2.46. The Bertz CT molecular complexity index is 1060. The van der Waals surface area contributed by atoms with Crippen LogP contribution in [0.4, 0.5) is 0 Å². The van der Waals surface area contributed by atoms with E-state index in [0.29, 0.717) is 11.3 Å². The van der Waals surface area contributed by atoms with E-state index in [2.05, 4.69) is 26.7 Å². The van der Waals surface area contributed by atoms with Crippen LogP contribution in [-0.2, 0) is 14.1 Å². The first-order valence-electron chi connectivity index (χ1n) is 10.2. The predicted molar refractivity (Wildman–Crippen MR) is 108 cm³/mol. The largest absolute Gasteiger partial charge is 0.332 e. The lowest BCUT2D eigenvalue weighted by Gasteiger charge is -2.44. The lowest BCUT2D eigenvalue weighted by atomic mass is 9.79. The van der Waals surface area contributed by atoms with Crippen LogP contribution in [0.15, 0.2) is 15.8 Å². The summed E-state index contributed by atoms with van der Waals surface area (Å²) in [4.78, 5) is 35.9. The van der Waals surface area contributed by atoms with Gasteiger partial charge in [0.1, 0.15) is 5.69 Å². The average molecular weight is 381 g/mol. The van der Waals surface area contributed by atoms with Gasteiger partial charge < -0.3 is 0 Å². The molecule has 0 spiro atoms. The van der Waals surface area contributed by atoms with Crippen molar-refractivity contribution >= 4 is 11.2 Å². The smallest absolute Gasteiger partial charge is 0.287 e. The number of hydrogen-bond donors (Lipinski definition) is 0. The molecule has 1 aliphatic heterocycles. The maximum absolute atomic E-state index is 12.5. The fraction of sp³-hybridized carbons (Fsp3) is 0.619. The van der Waals surface area contributed by atoms with Crippen LogP contribution in [-0.4, -0.2) is 42.6 Å². The van der Waals surface area contributed by atoms with Crippen LogP contribution in [0.5, 0.6) is 0 Å². The van der Waals surface area contributed by atoms with Gasteiger partial charge in [-0.1, -0.05) is 31.6 Å². The van der Waals surface area contributed by atoms with E-state index in [4.69, 9.17) is 0 Å². The van der Waals surface area contributed by atoms with Gasteiger partial charge >= 0.3 is 5.69 Å². The highest BCUT2D eigenvalue weighted by Crippen LogP contribution is 2.35. The van der Waals surface area contributed by atoms with E-state index in [1.165, 1.54) is 50.1 Å². The summed E-state index contributed by atoms with van der Waals surface area (Å²) in [7, 11) is 3.05. The SMILES string of the molecule is Cn1c(=O)c2nc(C#CC3(N4CCCCC4)CCCCC3)cnc2n(C)c1=O. The first-order chi connectivity index (χ1) is 13.5. The molecule has 0 unspecified atom stereocenters. The molecule has 2 aliphatic rings. The van der Waals surface area contributed by atoms with E-state index in [0.717, 1.165) is 30.5 Å². The second-order valence-electron chi connectivity index (χ2n) is 8.02. The van der Waals surface area contributed by atoms with Crippen LogP contribution in [0.1, 0.15) is 57.1 Å². The van der Waals surface area contributed by atoms with Gasteiger partial charge in [-0.25, -0.2) is 14.8 Å². The Labute approximate surface area is 164 Å². The molecule has 0 radical (unpaired) electrons. The van der Waals surface area contributed by atoms with E-state index < -0.39 is 11.2 Å². The van der Waals surface area contributed by atoms with Crippen molar-refractivity contribution in [2.24, 2.45) is 14.1 Å². The maximum Gasteiger partial charge on any atom is 0.332 e. The lowest BCUT2D eigenvalue weighted by Crippen LogP contribution is -2.51. The fourth-order valence-electron chi connectivity index (χ4n) is 4.55. The van der Waals surface area contributed by atoms with Gasteiger partial charge in [-0.3, -0.25) is 18.8 Å². The van der Waals surface area contributed by atoms with Gasteiger partial charge in [0.05, 0.1) is 11.7 Å². The minimum atomic E-state index is -0.433. The van der Waals surface area contributed by atoms with Crippen molar-refractivity contribution in [1.29, 1.82) is 0 Å². The van der Waals surface area contributed by atoms with Crippen molar-refractivity contribution in [2.45, 2.75) is 56.9 Å². The maximum atomic E-state index is 12.5. The van der Waals surface area contributed by atoms with E-state index in [-0.39, 0.29) is 11.1 Å². The summed E-state index contributed by atoms with van der Waals surface area (Å²) in [6.45, 7) is 2.22. The molecule has 1 saturated heterocycles. The summed E-state index contributed by atoms with van der Waals surface area (Å²) in [6, 6.07) is 0. The molecular formula is C21H27N5O2. The van der Waals surface area contributed by atoms with Crippen LogP contribution in [0, 0.1) is 11.8 Å². The number of nitrogens with zero attached hydrogens (tertiary/aromatic N) is 5. The summed E-state index contributed by atoms with van der Waals surface area (Å²) in [6.07, 6.45) is 11.2. The highest BCUT2D eigenvalue weighted by Gasteiger charge is 2.36. The van der Waals surface area contributed by atoms with E-state index in [9.17, 15) is 9.59 Å². The Morgan fingerprint density at radius 1 is 0.964 bits per heavy atom. The molecule has 4 rings (SSSR count). The minimum absolute atomic E-state index is 0.0796. The highest BCUT2D eigenvalue weighted by atomic mass is 16.2. The quantitative estimate of drug-likeness (QED) is 0.701. The molecule has 0 bridgehead atoms. The van der Waals surface area contributed by atoms with Crippen molar-refractivity contribution in [1.82, 2.24) is 24.0 Å². The molecule has 0 amide bonds. The Morgan fingerprint density at radius 2 is 1.64 bits per heavy atom. The number of aryl methyl sites for hydroxylation is 1. The molecule has 2 aromatic rings. The Morgan fingerprint density at radius 3 is 2.36 bits per heavy atom. The standard InChI is InChI=1S/C21H27N5O2/c1-24-18-17(19(27)25(2)20(24)28)23-16(15-22-18)9-12-21(10-5-3-6-11-21)26-13-7-4-8-14-26/h15H,3-8,10-11,13-14H2,1-2H3. The molecule has 148 valence electrons. The molecule has 0 N–H and O–H groups in total. The summed E-state index contributed by atoms with van der Waals surface area (Å²) >= 11 is 0. The molecular weight excluding hydrogens is 354 g/mol. The third kappa shape index (κ3) is 3.26. The van der Waals surface area contributed by atoms with Crippen molar-refractivity contribution < 1.29 is 0 Å². The lowest BCUT2D eigenvalue weighted by molar-refractivity contribution is 0.0792. The van der Waals surface area contributed by atoms with E-state index in [1.54, 1.807) is 13.2 Å². The van der Waals surface area contributed by atoms with Crippen molar-refractivity contribution in [3.63, 3.8) is 0 Å². The molecule has 28 heavy (non-hydrogen) atoms. The van der Waals surface area contributed by atoms with Gasteiger partial charge in [0.25, 0.3) is 5.56 Å². The van der Waals surface area contributed by atoms with E-state index in [1.807, 2.05) is 0 Å². The normalized spacial score (nSPS) is 19.9. The minimum Gasteiger partial charge on any atom is -0.287 e. The highest BCUT2D eigenvalue weighted by molar-refractivity contribution is 5.69. The van der Waals surface area contributed by atoms with Crippen molar-refractivity contribution in [2.75, 3.05) is 13.1 Å². The van der Waals surface area contributed by atoms with Crippen LogP contribution in [0.2, 0.25) is 0 Å². The Kier molecular flexibility index (Phi) is 5.07. The van der Waals surface area contributed by atoms with Crippen LogP contribution < -0.4 is 11.2 Å². The first kappa shape index (κ1) is 18.9. The van der Waals surface area contributed by atoms with Gasteiger partial charge in [0.15, 0.2) is 11.2 Å². The number of fused-ring (bicyclic) bond motifs is 1. The summed E-state index contributed by atoms with van der Waals surface area (Å²) < 4.78 is 2.40. The van der Waals surface area contributed by atoms with Crippen LogP contribution in [0.25, 0.3) is 11.2 Å². The second-order valence-corrected chi connectivity index (χ2v) is 8.02. The zero-order chi connectivity index (χ0) is 19.7. The second kappa shape index (κ2) is 7.51. The van der Waals surface area contributed by atoms with Gasteiger partial charge in [-0.15, -0.1) is 0 Å². The summed E-state index contributed by atoms with van der Waals surface area (Å²) in [5.41, 5.74) is 0.0537. The van der Waals surface area contributed by atoms with Gasteiger partial charge in [-0.2, -0.15) is 0 Å². The number of piperidine rings is 1. The zero-order valence-electron chi connectivity index (χ0n) is 16.7. The van der Waals surface area contributed by atoms with Crippen molar-refractivity contribution in [3.05, 3.63) is 32.7 Å². The molecule has 3 heterocycles. The zero-order valence-corrected chi connectivity index (χ0v) is 16.7. The third-order valence-corrected chi connectivity index (χ3v) is 6.22. The summed E-state index contributed by atoms with van der Waals surface area (Å²) in [5.74, 6) is 6.77. The number of rotatable bonds is 1. The average Bonchev–Trinajstić information content (AvgIpc) is 2.76. The predicted octanol–water partition coefficient (Wildman–Crippen LogP) is 1.57. The van der Waals surface area contributed by atoms with Gasteiger partial charge in [0, 0.05) is 14.1 Å². The number of hydrogen-bond acceptors (Lipinski definition) is 5. The van der Waals surface area contributed by atoms with Crippen LogP contribution >= 0.6 is 0 Å². The van der Waals surface area contributed by atoms with Crippen molar-refractivity contribution in [3.8, 4) is 11.8 Å². The molecule has 0 aromatic carbocycles. The molecule has 7 nitrogen and oxygen atoms in total. The molecule has 0 atom stereocenters. The third-order valence-electron chi connectivity index (χ3n) is 6.22. The van der Waals surface area contributed by atoms with Gasteiger partial charge in [0.2, 0.25) is 0 Å². The molecule has 2 aromatic heterocycles. The fourth-order valence-corrected chi connectivity index (χ4v) is 4.55. The monoisotopic (exact) mass is 381 g/mol. The molecule has 1 aliphatic carbocycles. The molecule has 7 heteroatoms. The Balaban J connectivity index is 1.75. The first-order valence-corrected chi connectivity index (χ1v) is 10.2. The van der Waals surface area contributed by atoms with Gasteiger partial charge in [-0.05, 0) is 44.7 Å². The summed E-state index contributed by atoms with van der Waals surface area (Å²) in [5, 5.41) is 0.